The van der Waals surface area contributed by atoms with E-state index in [1.807, 2.05) is 23.1 Å². The SMILES string of the molecule is CCc1cccc(CC)c1NC(=O)c1ccnc(C(=O)N2CCC(C)CC2)c1. The Morgan fingerprint density at radius 3 is 2.36 bits per heavy atom. The average molecular weight is 380 g/mol. The van der Waals surface area contributed by atoms with Crippen LogP contribution in [-0.2, 0) is 12.8 Å². The molecule has 0 unspecified atom stereocenters. The smallest absolute Gasteiger partial charge is 0.272 e. The second kappa shape index (κ2) is 9.00. The number of para-hydroxylation sites is 1. The van der Waals surface area contributed by atoms with Crippen LogP contribution >= 0.6 is 0 Å². The first kappa shape index (κ1) is 20.1. The van der Waals surface area contributed by atoms with E-state index in [2.05, 4.69) is 31.1 Å². The van der Waals surface area contributed by atoms with Crippen LogP contribution < -0.4 is 5.32 Å². The fraction of sp³-hybridized carbons (Fsp3) is 0.435. The van der Waals surface area contributed by atoms with Gasteiger partial charge in [0.2, 0.25) is 0 Å². The van der Waals surface area contributed by atoms with Crippen LogP contribution in [0.3, 0.4) is 0 Å². The summed E-state index contributed by atoms with van der Waals surface area (Å²) in [6.07, 6.45) is 5.26. The molecule has 0 saturated carbocycles. The fourth-order valence-electron chi connectivity index (χ4n) is 3.65. The van der Waals surface area contributed by atoms with E-state index in [0.29, 0.717) is 17.2 Å². The maximum absolute atomic E-state index is 12.9. The molecule has 2 aromatic rings. The van der Waals surface area contributed by atoms with Gasteiger partial charge in [0.15, 0.2) is 0 Å². The number of piperidine rings is 1. The molecule has 0 radical (unpaired) electrons. The van der Waals surface area contributed by atoms with Gasteiger partial charge in [0.05, 0.1) is 0 Å². The van der Waals surface area contributed by atoms with Crippen molar-refractivity contribution >= 4 is 17.5 Å². The molecule has 1 N–H and O–H groups in total. The summed E-state index contributed by atoms with van der Waals surface area (Å²) in [7, 11) is 0. The highest BCUT2D eigenvalue weighted by Gasteiger charge is 2.23. The molecule has 1 fully saturated rings. The molecule has 0 atom stereocenters. The molecule has 1 aromatic heterocycles. The summed E-state index contributed by atoms with van der Waals surface area (Å²) in [5.74, 6) is 0.351. The molecule has 3 rings (SSSR count). The lowest BCUT2D eigenvalue weighted by Gasteiger charge is -2.30. The van der Waals surface area contributed by atoms with Crippen molar-refractivity contribution in [2.24, 2.45) is 5.92 Å². The molecule has 1 aliphatic rings. The minimum Gasteiger partial charge on any atom is -0.337 e. The van der Waals surface area contributed by atoms with Gasteiger partial charge in [-0.1, -0.05) is 39.0 Å². The third-order valence-corrected chi connectivity index (χ3v) is 5.55. The number of carbonyl (C=O) groups is 2. The van der Waals surface area contributed by atoms with E-state index in [-0.39, 0.29) is 11.8 Å². The number of amides is 2. The number of benzene rings is 1. The molecule has 2 amide bonds. The van der Waals surface area contributed by atoms with Gasteiger partial charge in [-0.2, -0.15) is 0 Å². The summed E-state index contributed by atoms with van der Waals surface area (Å²) in [5, 5.41) is 3.06. The van der Waals surface area contributed by atoms with Gasteiger partial charge in [-0.25, -0.2) is 0 Å². The monoisotopic (exact) mass is 379 g/mol. The molecule has 148 valence electrons. The number of aryl methyl sites for hydroxylation is 2. The van der Waals surface area contributed by atoms with Gasteiger partial charge in [-0.05, 0) is 54.9 Å². The molecule has 0 bridgehead atoms. The molecule has 0 aliphatic carbocycles. The van der Waals surface area contributed by atoms with Crippen molar-refractivity contribution in [2.75, 3.05) is 18.4 Å². The Hall–Kier alpha value is -2.69. The maximum Gasteiger partial charge on any atom is 0.272 e. The summed E-state index contributed by atoms with van der Waals surface area (Å²) < 4.78 is 0. The van der Waals surface area contributed by atoms with Gasteiger partial charge >= 0.3 is 0 Å². The van der Waals surface area contributed by atoms with Gasteiger partial charge in [-0.15, -0.1) is 0 Å². The van der Waals surface area contributed by atoms with Crippen molar-refractivity contribution in [2.45, 2.75) is 46.5 Å². The number of aromatic nitrogens is 1. The second-order valence-corrected chi connectivity index (χ2v) is 7.52. The summed E-state index contributed by atoms with van der Waals surface area (Å²) >= 11 is 0. The summed E-state index contributed by atoms with van der Waals surface area (Å²) in [6, 6.07) is 9.36. The molecule has 5 heteroatoms. The van der Waals surface area contributed by atoms with E-state index in [1.165, 1.54) is 0 Å². The number of likely N-dealkylation sites (tertiary alicyclic amines) is 1. The topological polar surface area (TPSA) is 62.3 Å². The van der Waals surface area contributed by atoms with Crippen LogP contribution in [0.15, 0.2) is 36.5 Å². The number of hydrogen-bond acceptors (Lipinski definition) is 3. The van der Waals surface area contributed by atoms with E-state index < -0.39 is 0 Å². The Balaban J connectivity index is 1.79. The van der Waals surface area contributed by atoms with Gasteiger partial charge in [0.25, 0.3) is 11.8 Å². The first-order valence-corrected chi connectivity index (χ1v) is 10.2. The standard InChI is InChI=1S/C23H29N3O2/c1-4-17-7-6-8-18(5-2)21(17)25-22(27)19-9-12-24-20(15-19)23(28)26-13-10-16(3)11-14-26/h6-9,12,15-16H,4-5,10-11,13-14H2,1-3H3,(H,25,27). The highest BCUT2D eigenvalue weighted by molar-refractivity contribution is 6.06. The van der Waals surface area contributed by atoms with Crippen LogP contribution in [0.1, 0.15) is 65.6 Å². The van der Waals surface area contributed by atoms with Crippen molar-refractivity contribution in [1.29, 1.82) is 0 Å². The normalized spacial score (nSPS) is 14.8. The fourth-order valence-corrected chi connectivity index (χ4v) is 3.65. The maximum atomic E-state index is 12.9. The van der Waals surface area contributed by atoms with Crippen molar-refractivity contribution in [3.63, 3.8) is 0 Å². The molecule has 0 spiro atoms. The van der Waals surface area contributed by atoms with Crippen LogP contribution in [0, 0.1) is 5.92 Å². The van der Waals surface area contributed by atoms with Crippen LogP contribution in [0.25, 0.3) is 0 Å². The number of rotatable bonds is 5. The zero-order chi connectivity index (χ0) is 20.1. The summed E-state index contributed by atoms with van der Waals surface area (Å²) in [4.78, 5) is 31.7. The molecule has 1 saturated heterocycles. The van der Waals surface area contributed by atoms with Crippen LogP contribution in [0.5, 0.6) is 0 Å². The second-order valence-electron chi connectivity index (χ2n) is 7.52. The minimum absolute atomic E-state index is 0.0928. The van der Waals surface area contributed by atoms with Gasteiger partial charge in [0, 0.05) is 30.5 Å². The van der Waals surface area contributed by atoms with E-state index in [4.69, 9.17) is 0 Å². The number of pyridine rings is 1. The number of carbonyl (C=O) groups excluding carboxylic acids is 2. The highest BCUT2D eigenvalue weighted by atomic mass is 16.2. The first-order valence-electron chi connectivity index (χ1n) is 10.2. The lowest BCUT2D eigenvalue weighted by atomic mass is 9.99. The lowest BCUT2D eigenvalue weighted by molar-refractivity contribution is 0.0691. The number of hydrogen-bond donors (Lipinski definition) is 1. The molecular formula is C23H29N3O2. The largest absolute Gasteiger partial charge is 0.337 e. The van der Waals surface area contributed by atoms with Crippen molar-refractivity contribution in [1.82, 2.24) is 9.88 Å². The molecule has 2 heterocycles. The third kappa shape index (κ3) is 4.41. The number of nitrogens with one attached hydrogen (secondary N) is 1. The predicted molar refractivity (Wildman–Crippen MR) is 112 cm³/mol. The van der Waals surface area contributed by atoms with Crippen LogP contribution in [0.2, 0.25) is 0 Å². The lowest BCUT2D eigenvalue weighted by Crippen LogP contribution is -2.38. The number of anilines is 1. The van der Waals surface area contributed by atoms with Crippen molar-refractivity contribution in [3.05, 3.63) is 58.9 Å². The minimum atomic E-state index is -0.209. The third-order valence-electron chi connectivity index (χ3n) is 5.55. The van der Waals surface area contributed by atoms with Crippen LogP contribution in [-0.4, -0.2) is 34.8 Å². The van der Waals surface area contributed by atoms with E-state index in [0.717, 1.165) is 55.6 Å². The first-order chi connectivity index (χ1) is 13.5. The Morgan fingerprint density at radius 2 is 1.75 bits per heavy atom. The zero-order valence-electron chi connectivity index (χ0n) is 17.0. The molecule has 5 nitrogen and oxygen atoms in total. The van der Waals surface area contributed by atoms with Crippen molar-refractivity contribution < 1.29 is 9.59 Å². The Labute approximate surface area is 167 Å². The van der Waals surface area contributed by atoms with Crippen molar-refractivity contribution in [3.8, 4) is 0 Å². The van der Waals surface area contributed by atoms with Gasteiger partial charge in [0.1, 0.15) is 5.69 Å². The van der Waals surface area contributed by atoms with Gasteiger partial charge < -0.3 is 10.2 Å². The molecule has 1 aliphatic heterocycles. The quantitative estimate of drug-likeness (QED) is 0.841. The number of nitrogens with zero attached hydrogens (tertiary/aromatic N) is 2. The van der Waals surface area contributed by atoms with E-state index >= 15 is 0 Å². The Morgan fingerprint density at radius 1 is 1.11 bits per heavy atom. The Bertz CT molecular complexity index is 832. The van der Waals surface area contributed by atoms with Crippen LogP contribution in [0.4, 0.5) is 5.69 Å². The zero-order valence-corrected chi connectivity index (χ0v) is 17.0. The average Bonchev–Trinajstić information content (AvgIpc) is 2.74. The predicted octanol–water partition coefficient (Wildman–Crippen LogP) is 4.33. The summed E-state index contributed by atoms with van der Waals surface area (Å²) in [6.45, 7) is 7.87. The summed E-state index contributed by atoms with van der Waals surface area (Å²) in [5.41, 5.74) is 3.89. The Kier molecular flexibility index (Phi) is 6.45. The molecular weight excluding hydrogens is 350 g/mol. The van der Waals surface area contributed by atoms with E-state index in [9.17, 15) is 9.59 Å². The van der Waals surface area contributed by atoms with Gasteiger partial charge in [-0.3, -0.25) is 14.6 Å². The molecule has 28 heavy (non-hydrogen) atoms. The van der Waals surface area contributed by atoms with E-state index in [1.54, 1.807) is 18.3 Å². The highest BCUT2D eigenvalue weighted by Crippen LogP contribution is 2.23. The molecule has 1 aromatic carbocycles.